The Hall–Kier alpha value is -1.34. The van der Waals surface area contributed by atoms with Crippen LogP contribution in [0.1, 0.15) is 25.0 Å². The summed E-state index contributed by atoms with van der Waals surface area (Å²) in [6.45, 7) is 4.65. The zero-order valence-electron chi connectivity index (χ0n) is 10.4. The van der Waals surface area contributed by atoms with Gasteiger partial charge in [-0.15, -0.1) is 0 Å². The van der Waals surface area contributed by atoms with Gasteiger partial charge in [-0.1, -0.05) is 66.2 Å². The zero-order valence-corrected chi connectivity index (χ0v) is 12.0. The molecule has 88 valence electrons. The molecule has 0 bridgehead atoms. The molecule has 0 fully saturated rings. The Balaban J connectivity index is 2.42. The second-order valence-electron chi connectivity index (χ2n) is 5.62. The van der Waals surface area contributed by atoms with Crippen molar-refractivity contribution in [3.05, 3.63) is 58.1 Å². The Morgan fingerprint density at radius 1 is 0.889 bits per heavy atom. The molecule has 3 aromatic carbocycles. The van der Waals surface area contributed by atoms with Gasteiger partial charge in [-0.05, 0) is 38.7 Å². The van der Waals surface area contributed by atoms with Crippen LogP contribution in [0.5, 0.6) is 0 Å². The van der Waals surface area contributed by atoms with Crippen molar-refractivity contribution in [2.24, 2.45) is 0 Å². The second kappa shape index (κ2) is 3.16. The van der Waals surface area contributed by atoms with Crippen LogP contribution in [-0.4, -0.2) is 0 Å². The van der Waals surface area contributed by atoms with Gasteiger partial charge in [0, 0.05) is 9.89 Å². The van der Waals surface area contributed by atoms with Crippen LogP contribution < -0.4 is 0 Å². The molecule has 0 aliphatic heterocycles. The van der Waals surface area contributed by atoms with Crippen LogP contribution in [0, 0.1) is 0 Å². The summed E-state index contributed by atoms with van der Waals surface area (Å²) in [5.41, 5.74) is 3.02. The number of benzene rings is 3. The topological polar surface area (TPSA) is 0 Å². The fourth-order valence-electron chi connectivity index (χ4n) is 3.39. The van der Waals surface area contributed by atoms with E-state index in [-0.39, 0.29) is 5.41 Å². The first-order chi connectivity index (χ1) is 8.60. The van der Waals surface area contributed by atoms with E-state index in [0.29, 0.717) is 0 Å². The molecule has 0 amide bonds. The van der Waals surface area contributed by atoms with Crippen molar-refractivity contribution >= 4 is 37.5 Å². The lowest BCUT2D eigenvalue weighted by atomic mass is 9.82. The predicted molar refractivity (Wildman–Crippen MR) is 81.3 cm³/mol. The highest BCUT2D eigenvalue weighted by Gasteiger charge is 2.33. The number of rotatable bonds is 0. The van der Waals surface area contributed by atoms with E-state index in [1.165, 1.54) is 37.1 Å². The summed E-state index contributed by atoms with van der Waals surface area (Å²) in [6, 6.07) is 15.5. The maximum Gasteiger partial charge on any atom is 0.0260 e. The van der Waals surface area contributed by atoms with E-state index in [1.54, 1.807) is 0 Å². The van der Waals surface area contributed by atoms with Gasteiger partial charge in [0.2, 0.25) is 0 Å². The third-order valence-corrected chi connectivity index (χ3v) is 4.95. The fraction of sp³-hybridized carbons (Fsp3) is 0.176. The Morgan fingerprint density at radius 3 is 2.33 bits per heavy atom. The Labute approximate surface area is 115 Å². The molecule has 18 heavy (non-hydrogen) atoms. The third kappa shape index (κ3) is 1.07. The van der Waals surface area contributed by atoms with Crippen LogP contribution in [0.15, 0.2) is 46.9 Å². The van der Waals surface area contributed by atoms with Crippen molar-refractivity contribution in [2.75, 3.05) is 0 Å². The maximum atomic E-state index is 3.71. The molecule has 1 heteroatoms. The normalized spacial score (nSPS) is 15.9. The lowest BCUT2D eigenvalue weighted by Crippen LogP contribution is -2.14. The molecule has 0 N–H and O–H groups in total. The van der Waals surface area contributed by atoms with Crippen molar-refractivity contribution in [2.45, 2.75) is 19.3 Å². The van der Waals surface area contributed by atoms with Gasteiger partial charge in [0.25, 0.3) is 0 Å². The highest BCUT2D eigenvalue weighted by molar-refractivity contribution is 9.10. The summed E-state index contributed by atoms with van der Waals surface area (Å²) in [5, 5.41) is 5.54. The summed E-state index contributed by atoms with van der Waals surface area (Å²) >= 11 is 3.71. The van der Waals surface area contributed by atoms with E-state index < -0.39 is 0 Å². The molecule has 0 saturated heterocycles. The highest BCUT2D eigenvalue weighted by atomic mass is 79.9. The fourth-order valence-corrected chi connectivity index (χ4v) is 3.97. The molecule has 0 unspecified atom stereocenters. The summed E-state index contributed by atoms with van der Waals surface area (Å²) in [4.78, 5) is 0. The molecular formula is C17H13Br. The Morgan fingerprint density at radius 2 is 1.56 bits per heavy atom. The van der Waals surface area contributed by atoms with Gasteiger partial charge in [-0.3, -0.25) is 0 Å². The van der Waals surface area contributed by atoms with E-state index in [9.17, 15) is 0 Å². The smallest absolute Gasteiger partial charge is 0.0260 e. The van der Waals surface area contributed by atoms with E-state index in [2.05, 4.69) is 72.2 Å². The average molecular weight is 297 g/mol. The molecule has 0 aromatic heterocycles. The van der Waals surface area contributed by atoms with Crippen LogP contribution in [-0.2, 0) is 5.41 Å². The molecule has 0 spiro atoms. The quantitative estimate of drug-likeness (QED) is 0.488. The van der Waals surface area contributed by atoms with Gasteiger partial charge in [0.15, 0.2) is 0 Å². The van der Waals surface area contributed by atoms with E-state index >= 15 is 0 Å². The third-order valence-electron chi connectivity index (χ3n) is 4.30. The molecule has 1 aliphatic carbocycles. The first-order valence-corrected chi connectivity index (χ1v) is 7.05. The van der Waals surface area contributed by atoms with Gasteiger partial charge in [-0.25, -0.2) is 0 Å². The summed E-state index contributed by atoms with van der Waals surface area (Å²) < 4.78 is 1.20. The van der Waals surface area contributed by atoms with Crippen molar-refractivity contribution < 1.29 is 0 Å². The van der Waals surface area contributed by atoms with Crippen LogP contribution in [0.4, 0.5) is 0 Å². The van der Waals surface area contributed by atoms with Crippen molar-refractivity contribution in [3.8, 4) is 0 Å². The van der Waals surface area contributed by atoms with Crippen molar-refractivity contribution in [1.29, 1.82) is 0 Å². The van der Waals surface area contributed by atoms with E-state index in [0.717, 1.165) is 0 Å². The monoisotopic (exact) mass is 296 g/mol. The molecule has 0 saturated carbocycles. The minimum Gasteiger partial charge on any atom is -0.0613 e. The zero-order chi connectivity index (χ0) is 12.5. The number of hydrogen-bond donors (Lipinski definition) is 0. The molecule has 0 atom stereocenters. The molecule has 3 aromatic rings. The Kier molecular flexibility index (Phi) is 1.85. The average Bonchev–Trinajstić information content (AvgIpc) is 2.60. The van der Waals surface area contributed by atoms with Gasteiger partial charge >= 0.3 is 0 Å². The van der Waals surface area contributed by atoms with Gasteiger partial charge in [-0.2, -0.15) is 0 Å². The second-order valence-corrected chi connectivity index (χ2v) is 6.47. The SMILES string of the molecule is CC1(C)c2cccc3cc(Br)c4cccc1c4c23. The molecular weight excluding hydrogens is 284 g/mol. The minimum absolute atomic E-state index is 0.113. The van der Waals surface area contributed by atoms with E-state index in [1.807, 2.05) is 0 Å². The van der Waals surface area contributed by atoms with Gasteiger partial charge in [0.1, 0.15) is 0 Å². The lowest BCUT2D eigenvalue weighted by molar-refractivity contribution is 0.663. The van der Waals surface area contributed by atoms with Gasteiger partial charge in [0.05, 0.1) is 0 Å². The molecule has 1 aliphatic rings. The van der Waals surface area contributed by atoms with E-state index in [4.69, 9.17) is 0 Å². The van der Waals surface area contributed by atoms with Crippen molar-refractivity contribution in [3.63, 3.8) is 0 Å². The van der Waals surface area contributed by atoms with Crippen LogP contribution >= 0.6 is 15.9 Å². The first kappa shape index (κ1) is 10.6. The van der Waals surface area contributed by atoms with Gasteiger partial charge < -0.3 is 0 Å². The van der Waals surface area contributed by atoms with Crippen LogP contribution in [0.25, 0.3) is 21.5 Å². The Bertz CT molecular complexity index is 813. The summed E-state index contributed by atoms with van der Waals surface area (Å²) in [6.07, 6.45) is 0. The molecule has 4 rings (SSSR count). The summed E-state index contributed by atoms with van der Waals surface area (Å²) in [7, 11) is 0. The van der Waals surface area contributed by atoms with Crippen LogP contribution in [0.3, 0.4) is 0 Å². The van der Waals surface area contributed by atoms with Crippen molar-refractivity contribution in [1.82, 2.24) is 0 Å². The highest BCUT2D eigenvalue weighted by Crippen LogP contribution is 2.49. The lowest BCUT2D eigenvalue weighted by Gasteiger charge is -2.21. The molecule has 0 heterocycles. The first-order valence-electron chi connectivity index (χ1n) is 6.25. The standard InChI is InChI=1S/C17H13Br/c1-17(2)12-7-3-5-10-9-14(18)11-6-4-8-13(17)16(11)15(10)12/h3-9H,1-2H3. The summed E-state index contributed by atoms with van der Waals surface area (Å²) in [5.74, 6) is 0. The largest absolute Gasteiger partial charge is 0.0613 e. The minimum atomic E-state index is 0.113. The molecule has 0 nitrogen and oxygen atoms in total. The van der Waals surface area contributed by atoms with Crippen LogP contribution in [0.2, 0.25) is 0 Å². The predicted octanol–water partition coefficient (Wildman–Crippen LogP) is 5.39. The number of halogens is 1. The number of hydrogen-bond acceptors (Lipinski definition) is 0. The molecule has 0 radical (unpaired) electrons. The maximum absolute atomic E-state index is 3.71.